The van der Waals surface area contributed by atoms with Gasteiger partial charge in [0.2, 0.25) is 0 Å². The Morgan fingerprint density at radius 2 is 1.88 bits per heavy atom. The molecule has 0 N–H and O–H groups in total. The van der Waals surface area contributed by atoms with Gasteiger partial charge < -0.3 is 9.47 Å². The molecule has 0 bridgehead atoms. The third kappa shape index (κ3) is 5.63. The lowest BCUT2D eigenvalue weighted by Gasteiger charge is -2.15. The molecule has 2 heterocycles. The van der Waals surface area contributed by atoms with Crippen molar-refractivity contribution < 1.29 is 22.7 Å². The molecule has 2 aromatic carbocycles. The molecule has 4 rings (SSSR count). The first-order chi connectivity index (χ1) is 15.8. The van der Waals surface area contributed by atoms with Gasteiger partial charge in [-0.25, -0.2) is 8.42 Å². The van der Waals surface area contributed by atoms with Crippen LogP contribution in [-0.4, -0.2) is 60.8 Å². The summed E-state index contributed by atoms with van der Waals surface area (Å²) in [6, 6.07) is 13.6. The lowest BCUT2D eigenvalue weighted by Crippen LogP contribution is -2.17. The minimum Gasteiger partial charge on any atom is -0.497 e. The van der Waals surface area contributed by atoms with Gasteiger partial charge in [-0.15, -0.1) is 10.2 Å². The predicted molar refractivity (Wildman–Crippen MR) is 126 cm³/mol. The number of nitrogens with zero attached hydrogens (tertiary/aromatic N) is 3. The van der Waals surface area contributed by atoms with Gasteiger partial charge in [0.25, 0.3) is 0 Å². The maximum Gasteiger partial charge on any atom is 0.192 e. The molecule has 3 aromatic rings. The molecule has 0 amide bonds. The second-order valence-corrected chi connectivity index (χ2v) is 10.7. The number of ether oxygens (including phenoxy) is 2. The average Bonchev–Trinajstić information content (AvgIpc) is 3.47. The van der Waals surface area contributed by atoms with Gasteiger partial charge in [-0.05, 0) is 49.2 Å². The molecule has 33 heavy (non-hydrogen) atoms. The van der Waals surface area contributed by atoms with Crippen molar-refractivity contribution in [1.82, 2.24) is 14.8 Å². The number of aromatic nitrogens is 3. The van der Waals surface area contributed by atoms with Gasteiger partial charge in [0.1, 0.15) is 5.75 Å². The molecule has 174 valence electrons. The van der Waals surface area contributed by atoms with E-state index in [1.54, 1.807) is 19.2 Å². The van der Waals surface area contributed by atoms with Crippen molar-refractivity contribution in [3.63, 3.8) is 0 Å². The Morgan fingerprint density at radius 3 is 2.48 bits per heavy atom. The van der Waals surface area contributed by atoms with Crippen LogP contribution in [-0.2, 0) is 21.1 Å². The SMILES string of the molecule is COc1ccc(-c2nnc(SCC(=O)c3ccc(S(C)(=O)=O)cc3)n2C[C@H]2CCCO2)cc1. The van der Waals surface area contributed by atoms with Crippen molar-refractivity contribution in [2.24, 2.45) is 0 Å². The maximum atomic E-state index is 12.7. The summed E-state index contributed by atoms with van der Waals surface area (Å²) in [5.41, 5.74) is 1.35. The Hall–Kier alpha value is -2.69. The van der Waals surface area contributed by atoms with E-state index in [0.29, 0.717) is 23.1 Å². The summed E-state index contributed by atoms with van der Waals surface area (Å²) in [6.45, 7) is 1.35. The van der Waals surface area contributed by atoms with Gasteiger partial charge in [-0.3, -0.25) is 9.36 Å². The first-order valence-corrected chi connectivity index (χ1v) is 13.4. The molecule has 0 unspecified atom stereocenters. The number of sulfone groups is 1. The highest BCUT2D eigenvalue weighted by Gasteiger charge is 2.22. The second-order valence-electron chi connectivity index (χ2n) is 7.79. The van der Waals surface area contributed by atoms with Gasteiger partial charge in [0, 0.05) is 24.0 Å². The van der Waals surface area contributed by atoms with Crippen LogP contribution in [0.1, 0.15) is 23.2 Å². The summed E-state index contributed by atoms with van der Waals surface area (Å²) in [6.07, 6.45) is 3.21. The predicted octanol–water partition coefficient (Wildman–Crippen LogP) is 3.51. The Kier molecular flexibility index (Phi) is 7.16. The lowest BCUT2D eigenvalue weighted by atomic mass is 10.1. The van der Waals surface area contributed by atoms with E-state index in [9.17, 15) is 13.2 Å². The first kappa shape index (κ1) is 23.5. The van der Waals surface area contributed by atoms with E-state index in [1.807, 2.05) is 28.8 Å². The highest BCUT2D eigenvalue weighted by atomic mass is 32.2. The van der Waals surface area contributed by atoms with Gasteiger partial charge >= 0.3 is 0 Å². The van der Waals surface area contributed by atoms with Crippen molar-refractivity contribution in [3.05, 3.63) is 54.1 Å². The smallest absolute Gasteiger partial charge is 0.192 e. The van der Waals surface area contributed by atoms with Crippen LogP contribution in [0.5, 0.6) is 5.75 Å². The fraction of sp³-hybridized carbons (Fsp3) is 0.348. The quantitative estimate of drug-likeness (QED) is 0.334. The van der Waals surface area contributed by atoms with Crippen molar-refractivity contribution in [3.8, 4) is 17.1 Å². The zero-order valence-electron chi connectivity index (χ0n) is 18.4. The molecule has 1 fully saturated rings. The molecule has 1 aromatic heterocycles. The number of carbonyl (C=O) groups excluding carboxylic acids is 1. The van der Waals surface area contributed by atoms with Crippen LogP contribution in [0.3, 0.4) is 0 Å². The number of Topliss-reactive ketones (excluding diaryl/α,β-unsaturated/α-hetero) is 1. The Labute approximate surface area is 197 Å². The molecule has 0 saturated carbocycles. The molecule has 1 aliphatic heterocycles. The molecule has 0 radical (unpaired) electrons. The standard InChI is InChI=1S/C23H25N3O5S2/c1-30-18-9-5-17(6-10-18)22-24-25-23(26(22)14-19-4-3-13-31-19)32-15-21(27)16-7-11-20(12-8-16)33(2,28)29/h5-12,19H,3-4,13-15H2,1-2H3/t19-/m1/s1. The third-order valence-electron chi connectivity index (χ3n) is 5.41. The van der Waals surface area contributed by atoms with Gasteiger partial charge in [0.15, 0.2) is 26.6 Å². The van der Waals surface area contributed by atoms with E-state index in [1.165, 1.54) is 23.9 Å². The van der Waals surface area contributed by atoms with Gasteiger partial charge in [0.05, 0.1) is 30.4 Å². The molecule has 8 nitrogen and oxygen atoms in total. The number of ketones is 1. The lowest BCUT2D eigenvalue weighted by molar-refractivity contribution is 0.0953. The number of hydrogen-bond donors (Lipinski definition) is 0. The average molecular weight is 488 g/mol. The molecule has 1 saturated heterocycles. The molecule has 10 heteroatoms. The molecular weight excluding hydrogens is 462 g/mol. The number of thioether (sulfide) groups is 1. The normalized spacial score (nSPS) is 16.1. The summed E-state index contributed by atoms with van der Waals surface area (Å²) < 4.78 is 36.3. The van der Waals surface area contributed by atoms with Crippen LogP contribution in [0.2, 0.25) is 0 Å². The third-order valence-corrected chi connectivity index (χ3v) is 7.51. The largest absolute Gasteiger partial charge is 0.497 e. The fourth-order valence-corrected chi connectivity index (χ4v) is 5.08. The minimum atomic E-state index is -3.30. The van der Waals surface area contributed by atoms with Crippen LogP contribution in [0.15, 0.2) is 58.6 Å². The zero-order valence-corrected chi connectivity index (χ0v) is 20.1. The zero-order chi connectivity index (χ0) is 23.4. The van der Waals surface area contributed by atoms with Crippen molar-refractivity contribution in [2.75, 3.05) is 25.7 Å². The number of hydrogen-bond acceptors (Lipinski definition) is 8. The van der Waals surface area contributed by atoms with E-state index < -0.39 is 9.84 Å². The highest BCUT2D eigenvalue weighted by Crippen LogP contribution is 2.28. The molecule has 0 aliphatic carbocycles. The molecule has 0 spiro atoms. The molecule has 1 atom stereocenters. The number of carbonyl (C=O) groups is 1. The van der Waals surface area contributed by atoms with Gasteiger partial charge in [-0.1, -0.05) is 23.9 Å². The first-order valence-electron chi connectivity index (χ1n) is 10.5. The van der Waals surface area contributed by atoms with Gasteiger partial charge in [-0.2, -0.15) is 0 Å². The maximum absolute atomic E-state index is 12.7. The number of benzene rings is 2. The Bertz CT molecular complexity index is 1220. The summed E-state index contributed by atoms with van der Waals surface area (Å²) in [5.74, 6) is 1.51. The number of methoxy groups -OCH3 is 1. The van der Waals surface area contributed by atoms with Crippen molar-refractivity contribution in [1.29, 1.82) is 0 Å². The number of rotatable bonds is 9. The topological polar surface area (TPSA) is 100 Å². The molecular formula is C23H25N3O5S2. The van der Waals surface area contributed by atoms with Crippen molar-refractivity contribution in [2.45, 2.75) is 35.5 Å². The summed E-state index contributed by atoms with van der Waals surface area (Å²) in [7, 11) is -1.68. The van der Waals surface area contributed by atoms with E-state index in [-0.39, 0.29) is 22.5 Å². The fourth-order valence-electron chi connectivity index (χ4n) is 3.61. The minimum absolute atomic E-state index is 0.0802. The summed E-state index contributed by atoms with van der Waals surface area (Å²) in [5, 5.41) is 9.37. The van der Waals surface area contributed by atoms with Crippen LogP contribution in [0.4, 0.5) is 0 Å². The van der Waals surface area contributed by atoms with Crippen LogP contribution < -0.4 is 4.74 Å². The molecule has 1 aliphatic rings. The highest BCUT2D eigenvalue weighted by molar-refractivity contribution is 7.99. The van der Waals surface area contributed by atoms with Crippen molar-refractivity contribution >= 4 is 27.4 Å². The summed E-state index contributed by atoms with van der Waals surface area (Å²) in [4.78, 5) is 12.9. The van der Waals surface area contributed by atoms with E-state index in [2.05, 4.69) is 10.2 Å². The Morgan fingerprint density at radius 1 is 1.15 bits per heavy atom. The van der Waals surface area contributed by atoms with Crippen LogP contribution in [0.25, 0.3) is 11.4 Å². The summed E-state index contributed by atoms with van der Waals surface area (Å²) >= 11 is 1.31. The second kappa shape index (κ2) is 10.1. The van der Waals surface area contributed by atoms with Crippen LogP contribution in [0, 0.1) is 0 Å². The van der Waals surface area contributed by atoms with Crippen LogP contribution >= 0.6 is 11.8 Å². The Balaban J connectivity index is 1.53. The van der Waals surface area contributed by atoms with E-state index >= 15 is 0 Å². The monoisotopic (exact) mass is 487 g/mol. The van der Waals surface area contributed by atoms with E-state index in [4.69, 9.17) is 9.47 Å². The van der Waals surface area contributed by atoms with E-state index in [0.717, 1.165) is 37.0 Å².